The first-order chi connectivity index (χ1) is 7.14. The molecule has 0 spiro atoms. The molecule has 3 heteroatoms. The number of hydrogen-bond donors (Lipinski definition) is 0. The van der Waals surface area contributed by atoms with Gasteiger partial charge >= 0.3 is 5.97 Å². The fraction of sp³-hybridized carbons (Fsp3) is 0.667. The summed E-state index contributed by atoms with van der Waals surface area (Å²) >= 11 is 0. The highest BCUT2D eigenvalue weighted by Gasteiger charge is 2.56. The van der Waals surface area contributed by atoms with Crippen LogP contribution in [-0.4, -0.2) is 18.9 Å². The number of esters is 1. The maximum atomic E-state index is 11.9. The van der Waals surface area contributed by atoms with Crippen LogP contribution in [0.15, 0.2) is 11.6 Å². The SMILES string of the molecule is CCOC(=O)C12C=C(C)C(CC1C=O)C2. The lowest BCUT2D eigenvalue weighted by molar-refractivity contribution is -0.155. The molecule has 3 atom stereocenters. The van der Waals surface area contributed by atoms with E-state index in [0.717, 1.165) is 19.1 Å². The summed E-state index contributed by atoms with van der Waals surface area (Å²) in [6.07, 6.45) is 4.45. The average Bonchev–Trinajstić information content (AvgIpc) is 2.73. The third kappa shape index (κ3) is 1.33. The van der Waals surface area contributed by atoms with Crippen molar-refractivity contribution in [2.24, 2.45) is 17.3 Å². The molecule has 1 fully saturated rings. The second-order valence-electron chi connectivity index (χ2n) is 4.53. The molecule has 2 aliphatic carbocycles. The van der Waals surface area contributed by atoms with E-state index in [1.807, 2.05) is 13.0 Å². The fourth-order valence-corrected chi connectivity index (χ4v) is 2.93. The first kappa shape index (κ1) is 10.4. The smallest absolute Gasteiger partial charge is 0.316 e. The summed E-state index contributed by atoms with van der Waals surface area (Å²) in [5.74, 6) is 0.0105. The van der Waals surface area contributed by atoms with Gasteiger partial charge in [0.05, 0.1) is 12.0 Å². The van der Waals surface area contributed by atoms with Crippen LogP contribution < -0.4 is 0 Å². The minimum atomic E-state index is -0.632. The third-order valence-corrected chi connectivity index (χ3v) is 3.73. The lowest BCUT2D eigenvalue weighted by Crippen LogP contribution is -2.35. The topological polar surface area (TPSA) is 43.4 Å². The maximum Gasteiger partial charge on any atom is 0.316 e. The zero-order valence-electron chi connectivity index (χ0n) is 9.16. The van der Waals surface area contributed by atoms with Gasteiger partial charge in [0.25, 0.3) is 0 Å². The van der Waals surface area contributed by atoms with Crippen LogP contribution in [0.5, 0.6) is 0 Å². The van der Waals surface area contributed by atoms with Gasteiger partial charge in [0, 0.05) is 5.92 Å². The van der Waals surface area contributed by atoms with Crippen LogP contribution in [0.25, 0.3) is 0 Å². The number of fused-ring (bicyclic) bond motifs is 2. The molecular weight excluding hydrogens is 192 g/mol. The molecule has 15 heavy (non-hydrogen) atoms. The Morgan fingerprint density at radius 1 is 1.73 bits per heavy atom. The Hall–Kier alpha value is -1.12. The number of ether oxygens (including phenoxy) is 1. The third-order valence-electron chi connectivity index (χ3n) is 3.73. The zero-order valence-corrected chi connectivity index (χ0v) is 9.16. The number of hydrogen-bond acceptors (Lipinski definition) is 3. The Morgan fingerprint density at radius 3 is 3.00 bits per heavy atom. The van der Waals surface area contributed by atoms with E-state index in [0.29, 0.717) is 12.5 Å². The highest BCUT2D eigenvalue weighted by Crippen LogP contribution is 2.56. The van der Waals surface area contributed by atoms with E-state index >= 15 is 0 Å². The van der Waals surface area contributed by atoms with Crippen LogP contribution in [0.2, 0.25) is 0 Å². The van der Waals surface area contributed by atoms with Crippen molar-refractivity contribution in [3.8, 4) is 0 Å². The zero-order chi connectivity index (χ0) is 11.1. The second kappa shape index (κ2) is 3.47. The van der Waals surface area contributed by atoms with E-state index in [1.165, 1.54) is 5.57 Å². The Balaban J connectivity index is 2.31. The normalized spacial score (nSPS) is 37.6. The summed E-state index contributed by atoms with van der Waals surface area (Å²) in [7, 11) is 0. The van der Waals surface area contributed by atoms with Gasteiger partial charge in [-0.25, -0.2) is 0 Å². The van der Waals surface area contributed by atoms with Gasteiger partial charge in [-0.15, -0.1) is 0 Å². The number of aldehydes is 1. The predicted molar refractivity (Wildman–Crippen MR) is 55.1 cm³/mol. The van der Waals surface area contributed by atoms with E-state index in [1.54, 1.807) is 6.92 Å². The van der Waals surface area contributed by atoms with Crippen molar-refractivity contribution < 1.29 is 14.3 Å². The number of rotatable bonds is 3. The van der Waals surface area contributed by atoms with Crippen molar-refractivity contribution >= 4 is 12.3 Å². The van der Waals surface area contributed by atoms with Gasteiger partial charge in [-0.1, -0.05) is 11.6 Å². The van der Waals surface area contributed by atoms with E-state index < -0.39 is 5.41 Å². The van der Waals surface area contributed by atoms with Crippen LogP contribution >= 0.6 is 0 Å². The highest BCUT2D eigenvalue weighted by atomic mass is 16.5. The molecule has 1 saturated carbocycles. The van der Waals surface area contributed by atoms with Crippen LogP contribution in [0, 0.1) is 17.3 Å². The number of allylic oxidation sites excluding steroid dienone is 1. The van der Waals surface area contributed by atoms with Crippen molar-refractivity contribution in [3.05, 3.63) is 11.6 Å². The van der Waals surface area contributed by atoms with Crippen molar-refractivity contribution in [1.29, 1.82) is 0 Å². The molecule has 0 radical (unpaired) electrons. The highest BCUT2D eigenvalue weighted by molar-refractivity contribution is 5.85. The molecule has 0 aromatic rings. The molecule has 0 aliphatic heterocycles. The molecule has 0 heterocycles. The van der Waals surface area contributed by atoms with E-state index in [4.69, 9.17) is 4.74 Å². The van der Waals surface area contributed by atoms with Crippen molar-refractivity contribution in [2.45, 2.75) is 26.7 Å². The van der Waals surface area contributed by atoms with Crippen LogP contribution in [0.3, 0.4) is 0 Å². The van der Waals surface area contributed by atoms with Gasteiger partial charge in [0.15, 0.2) is 0 Å². The molecular formula is C12H16O3. The summed E-state index contributed by atoms with van der Waals surface area (Å²) in [5, 5.41) is 0. The monoisotopic (exact) mass is 208 g/mol. The molecule has 0 N–H and O–H groups in total. The summed E-state index contributed by atoms with van der Waals surface area (Å²) < 4.78 is 5.08. The fourth-order valence-electron chi connectivity index (χ4n) is 2.93. The van der Waals surface area contributed by atoms with Crippen molar-refractivity contribution in [2.75, 3.05) is 6.61 Å². The molecule has 0 saturated heterocycles. The molecule has 0 aromatic heterocycles. The van der Waals surface area contributed by atoms with E-state index in [2.05, 4.69) is 0 Å². The largest absolute Gasteiger partial charge is 0.465 e. The number of carbonyl (C=O) groups is 2. The molecule has 3 unspecified atom stereocenters. The van der Waals surface area contributed by atoms with Gasteiger partial charge in [-0.05, 0) is 32.6 Å². The van der Waals surface area contributed by atoms with Crippen molar-refractivity contribution in [3.63, 3.8) is 0 Å². The molecule has 3 nitrogen and oxygen atoms in total. The first-order valence-electron chi connectivity index (χ1n) is 5.46. The average molecular weight is 208 g/mol. The van der Waals surface area contributed by atoms with Gasteiger partial charge in [0.1, 0.15) is 6.29 Å². The second-order valence-corrected chi connectivity index (χ2v) is 4.53. The molecule has 82 valence electrons. The minimum Gasteiger partial charge on any atom is -0.465 e. The Bertz CT molecular complexity index is 332. The Morgan fingerprint density at radius 2 is 2.47 bits per heavy atom. The van der Waals surface area contributed by atoms with Gasteiger partial charge < -0.3 is 9.53 Å². The van der Waals surface area contributed by atoms with Crippen LogP contribution in [0.1, 0.15) is 26.7 Å². The molecule has 2 bridgehead atoms. The van der Waals surface area contributed by atoms with E-state index in [-0.39, 0.29) is 11.9 Å². The maximum absolute atomic E-state index is 11.9. The molecule has 0 aromatic carbocycles. The number of carbonyl (C=O) groups excluding carboxylic acids is 2. The van der Waals surface area contributed by atoms with Gasteiger partial charge in [-0.3, -0.25) is 4.79 Å². The standard InChI is InChI=1S/C12H16O3/c1-3-15-11(14)12-5-8(2)9(6-12)4-10(12)7-13/h5,7,9-10H,3-4,6H2,1-2H3. The van der Waals surface area contributed by atoms with Crippen LogP contribution in [-0.2, 0) is 14.3 Å². The van der Waals surface area contributed by atoms with E-state index in [9.17, 15) is 9.59 Å². The lowest BCUT2D eigenvalue weighted by Gasteiger charge is -2.26. The first-order valence-corrected chi connectivity index (χ1v) is 5.46. The van der Waals surface area contributed by atoms with Crippen molar-refractivity contribution in [1.82, 2.24) is 0 Å². The Kier molecular flexibility index (Phi) is 2.41. The minimum absolute atomic E-state index is 0.176. The molecule has 2 aliphatic rings. The molecule has 2 rings (SSSR count). The lowest BCUT2D eigenvalue weighted by atomic mass is 9.78. The summed E-state index contributed by atoms with van der Waals surface area (Å²) in [6.45, 7) is 4.21. The summed E-state index contributed by atoms with van der Waals surface area (Å²) in [4.78, 5) is 22.9. The van der Waals surface area contributed by atoms with Gasteiger partial charge in [0.2, 0.25) is 0 Å². The Labute approximate surface area is 89.5 Å². The summed E-state index contributed by atoms with van der Waals surface area (Å²) in [6, 6.07) is 0. The predicted octanol–water partition coefficient (Wildman–Crippen LogP) is 1.72. The van der Waals surface area contributed by atoms with Crippen LogP contribution in [0.4, 0.5) is 0 Å². The summed E-state index contributed by atoms with van der Waals surface area (Å²) in [5.41, 5.74) is 0.605. The van der Waals surface area contributed by atoms with Gasteiger partial charge in [-0.2, -0.15) is 0 Å². The molecule has 0 amide bonds. The quantitative estimate of drug-likeness (QED) is 0.403.